The maximum Gasteiger partial charge on any atom is 0.244 e. The largest absolute Gasteiger partial charge is 0.355 e. The van der Waals surface area contributed by atoms with E-state index in [-0.39, 0.29) is 18.1 Å². The maximum atomic E-state index is 13.7. The minimum Gasteiger partial charge on any atom is -0.355 e. The Hall–Kier alpha value is -2.65. The number of anilines is 1. The van der Waals surface area contributed by atoms with Crippen LogP contribution in [0.5, 0.6) is 0 Å². The van der Waals surface area contributed by atoms with Gasteiger partial charge in [0, 0.05) is 18.1 Å². The summed E-state index contributed by atoms with van der Waals surface area (Å²) in [5.74, 6) is -1.56. The van der Waals surface area contributed by atoms with Gasteiger partial charge in [-0.15, -0.1) is 0 Å². The van der Waals surface area contributed by atoms with Gasteiger partial charge in [0.05, 0.1) is 11.9 Å². The first-order chi connectivity index (χ1) is 15.1. The molecule has 2 aromatic carbocycles. The number of nitrogens with zero attached hydrogens (tertiary/aromatic N) is 2. The summed E-state index contributed by atoms with van der Waals surface area (Å²) in [6.07, 6.45) is 1.26. The summed E-state index contributed by atoms with van der Waals surface area (Å²) in [5, 5.41) is 3.24. The van der Waals surface area contributed by atoms with Gasteiger partial charge in [-0.2, -0.15) is 0 Å². The van der Waals surface area contributed by atoms with Crippen LogP contribution in [0.2, 0.25) is 5.02 Å². The number of halogens is 2. The zero-order valence-electron chi connectivity index (χ0n) is 18.2. The van der Waals surface area contributed by atoms with Crippen LogP contribution in [0.25, 0.3) is 0 Å². The van der Waals surface area contributed by atoms with E-state index in [2.05, 4.69) is 5.32 Å². The molecule has 0 heterocycles. The number of hydrogen-bond donors (Lipinski definition) is 1. The second kappa shape index (κ2) is 11.3. The van der Waals surface area contributed by atoms with E-state index in [1.807, 2.05) is 0 Å². The molecule has 2 rings (SSSR count). The first-order valence-corrected chi connectivity index (χ1v) is 12.3. The molecular formula is C22H27ClFN3O4S. The molecule has 0 radical (unpaired) electrons. The minimum absolute atomic E-state index is 0.0263. The summed E-state index contributed by atoms with van der Waals surface area (Å²) in [6, 6.07) is 11.0. The van der Waals surface area contributed by atoms with Crippen molar-refractivity contribution in [3.05, 3.63) is 64.9 Å². The average molecular weight is 484 g/mol. The predicted octanol–water partition coefficient (Wildman–Crippen LogP) is 3.19. The maximum absolute atomic E-state index is 13.7. The van der Waals surface area contributed by atoms with Gasteiger partial charge in [0.15, 0.2) is 0 Å². The fourth-order valence-corrected chi connectivity index (χ4v) is 4.21. The molecule has 10 heteroatoms. The number of likely N-dealkylation sites (N-methyl/N-ethyl adjacent to an activating group) is 1. The lowest BCUT2D eigenvalue weighted by Crippen LogP contribution is -2.52. The number of carbonyl (C=O) groups is 2. The Balaban J connectivity index is 2.42. The lowest BCUT2D eigenvalue weighted by atomic mass is 10.1. The third-order valence-corrected chi connectivity index (χ3v) is 6.17. The Morgan fingerprint density at radius 2 is 1.78 bits per heavy atom. The van der Waals surface area contributed by atoms with Crippen LogP contribution in [0.15, 0.2) is 48.5 Å². The van der Waals surface area contributed by atoms with E-state index in [1.54, 1.807) is 38.1 Å². The van der Waals surface area contributed by atoms with Gasteiger partial charge in [-0.3, -0.25) is 13.9 Å². The number of amides is 2. The fraction of sp³-hybridized carbons (Fsp3) is 0.364. The van der Waals surface area contributed by atoms with Crippen molar-refractivity contribution in [2.24, 2.45) is 0 Å². The van der Waals surface area contributed by atoms with E-state index < -0.39 is 34.3 Å². The SMILES string of the molecule is CCNC(=O)C(CC)N(Cc1ccc(Cl)cc1)C(=O)CN(c1cccc(F)c1)S(C)(=O)=O. The van der Waals surface area contributed by atoms with Crippen molar-refractivity contribution in [1.82, 2.24) is 10.2 Å². The van der Waals surface area contributed by atoms with Gasteiger partial charge in [0.25, 0.3) is 0 Å². The quantitative estimate of drug-likeness (QED) is 0.562. The highest BCUT2D eigenvalue weighted by atomic mass is 35.5. The third-order valence-electron chi connectivity index (χ3n) is 4.78. The molecule has 0 spiro atoms. The Kier molecular flexibility index (Phi) is 9.03. The van der Waals surface area contributed by atoms with Gasteiger partial charge in [-0.25, -0.2) is 12.8 Å². The molecule has 174 valence electrons. The van der Waals surface area contributed by atoms with Crippen molar-refractivity contribution in [3.8, 4) is 0 Å². The van der Waals surface area contributed by atoms with E-state index >= 15 is 0 Å². The molecule has 0 saturated carbocycles. The monoisotopic (exact) mass is 483 g/mol. The van der Waals surface area contributed by atoms with Crippen molar-refractivity contribution in [2.45, 2.75) is 32.9 Å². The van der Waals surface area contributed by atoms with Crippen LogP contribution in [0.4, 0.5) is 10.1 Å². The van der Waals surface area contributed by atoms with Gasteiger partial charge >= 0.3 is 0 Å². The summed E-state index contributed by atoms with van der Waals surface area (Å²) in [4.78, 5) is 27.4. The molecule has 0 aromatic heterocycles. The van der Waals surface area contributed by atoms with Crippen LogP contribution in [0.1, 0.15) is 25.8 Å². The van der Waals surface area contributed by atoms with E-state index in [1.165, 1.54) is 23.1 Å². The lowest BCUT2D eigenvalue weighted by molar-refractivity contribution is -0.140. The topological polar surface area (TPSA) is 86.8 Å². The van der Waals surface area contributed by atoms with Crippen molar-refractivity contribution in [1.29, 1.82) is 0 Å². The molecule has 0 saturated heterocycles. The van der Waals surface area contributed by atoms with E-state index in [4.69, 9.17) is 11.6 Å². The van der Waals surface area contributed by atoms with Crippen molar-refractivity contribution in [2.75, 3.05) is 23.7 Å². The van der Waals surface area contributed by atoms with Gasteiger partial charge in [0.1, 0.15) is 18.4 Å². The minimum atomic E-state index is -3.90. The summed E-state index contributed by atoms with van der Waals surface area (Å²) < 4.78 is 39.4. The van der Waals surface area contributed by atoms with Gasteiger partial charge in [-0.05, 0) is 49.2 Å². The highest BCUT2D eigenvalue weighted by Gasteiger charge is 2.31. The number of sulfonamides is 1. The first-order valence-electron chi connectivity index (χ1n) is 10.1. The number of carbonyl (C=O) groups excluding carboxylic acids is 2. The normalized spacial score (nSPS) is 12.2. The van der Waals surface area contributed by atoms with Crippen LogP contribution in [0.3, 0.4) is 0 Å². The first kappa shape index (κ1) is 25.6. The molecule has 0 aliphatic rings. The highest BCUT2D eigenvalue weighted by molar-refractivity contribution is 7.92. The van der Waals surface area contributed by atoms with E-state index in [0.29, 0.717) is 18.0 Å². The standard InChI is InChI=1S/C22H27ClFN3O4S/c1-4-20(22(29)25-5-2)26(14-16-9-11-17(23)12-10-16)21(28)15-27(32(3,30)31)19-8-6-7-18(24)13-19/h6-13,20H,4-5,14-15H2,1-3H3,(H,25,29). The Morgan fingerprint density at radius 3 is 2.31 bits per heavy atom. The smallest absolute Gasteiger partial charge is 0.244 e. The van der Waals surface area contributed by atoms with E-state index in [9.17, 15) is 22.4 Å². The second-order valence-corrected chi connectivity index (χ2v) is 9.56. The Bertz CT molecular complexity index is 1050. The molecule has 7 nitrogen and oxygen atoms in total. The molecule has 1 N–H and O–H groups in total. The molecule has 2 aromatic rings. The molecule has 1 unspecified atom stereocenters. The molecule has 32 heavy (non-hydrogen) atoms. The zero-order chi connectivity index (χ0) is 23.9. The van der Waals surface area contributed by atoms with Crippen molar-refractivity contribution < 1.29 is 22.4 Å². The van der Waals surface area contributed by atoms with Crippen LogP contribution >= 0.6 is 11.6 Å². The molecule has 1 atom stereocenters. The van der Waals surface area contributed by atoms with Crippen molar-refractivity contribution >= 4 is 39.1 Å². The van der Waals surface area contributed by atoms with E-state index in [0.717, 1.165) is 22.2 Å². The predicted molar refractivity (Wildman–Crippen MR) is 123 cm³/mol. The Labute approximate surface area is 193 Å². The average Bonchev–Trinajstić information content (AvgIpc) is 2.72. The van der Waals surface area contributed by atoms with Crippen LogP contribution in [0, 0.1) is 5.82 Å². The molecule has 0 aliphatic carbocycles. The van der Waals surface area contributed by atoms with Crippen LogP contribution in [-0.2, 0) is 26.2 Å². The molecule has 0 fully saturated rings. The highest BCUT2D eigenvalue weighted by Crippen LogP contribution is 2.21. The fourth-order valence-electron chi connectivity index (χ4n) is 3.24. The third kappa shape index (κ3) is 6.93. The molecule has 2 amide bonds. The van der Waals surface area contributed by atoms with Crippen molar-refractivity contribution in [3.63, 3.8) is 0 Å². The number of nitrogens with one attached hydrogen (secondary N) is 1. The molecular weight excluding hydrogens is 457 g/mol. The summed E-state index contributed by atoms with van der Waals surface area (Å²) in [6.45, 7) is 3.42. The molecule has 0 aliphatic heterocycles. The van der Waals surface area contributed by atoms with Gasteiger partial charge < -0.3 is 10.2 Å². The van der Waals surface area contributed by atoms with Crippen LogP contribution < -0.4 is 9.62 Å². The summed E-state index contributed by atoms with van der Waals surface area (Å²) in [7, 11) is -3.90. The molecule has 0 bridgehead atoms. The number of hydrogen-bond acceptors (Lipinski definition) is 4. The number of benzene rings is 2. The zero-order valence-corrected chi connectivity index (χ0v) is 19.8. The summed E-state index contributed by atoms with van der Waals surface area (Å²) >= 11 is 5.94. The second-order valence-electron chi connectivity index (χ2n) is 7.22. The summed E-state index contributed by atoms with van der Waals surface area (Å²) in [5.41, 5.74) is 0.750. The lowest BCUT2D eigenvalue weighted by Gasteiger charge is -2.32. The number of rotatable bonds is 10. The van der Waals surface area contributed by atoms with Crippen LogP contribution in [-0.4, -0.2) is 50.5 Å². The van der Waals surface area contributed by atoms with Gasteiger partial charge in [0.2, 0.25) is 21.8 Å². The van der Waals surface area contributed by atoms with Gasteiger partial charge in [-0.1, -0.05) is 36.7 Å². The Morgan fingerprint density at radius 1 is 1.12 bits per heavy atom.